The van der Waals surface area contributed by atoms with Crippen LogP contribution in [-0.2, 0) is 0 Å². The lowest BCUT2D eigenvalue weighted by atomic mass is 9.96. The number of halogens is 4. The Hall–Kier alpha value is -1.52. The number of allylic oxidation sites excluding steroid dienone is 2. The van der Waals surface area contributed by atoms with Gasteiger partial charge in [-0.2, -0.15) is 0 Å². The van der Waals surface area contributed by atoms with E-state index in [9.17, 15) is 17.6 Å². The minimum Gasteiger partial charge on any atom is -0.367 e. The van der Waals surface area contributed by atoms with Crippen LogP contribution >= 0.6 is 0 Å². The van der Waals surface area contributed by atoms with Crippen molar-refractivity contribution in [3.8, 4) is 0 Å². The predicted molar refractivity (Wildman–Crippen MR) is 84.8 cm³/mol. The van der Waals surface area contributed by atoms with Gasteiger partial charge in [-0.05, 0) is 38.0 Å². The molecule has 0 radical (unpaired) electrons. The van der Waals surface area contributed by atoms with Crippen molar-refractivity contribution in [2.45, 2.75) is 51.9 Å². The van der Waals surface area contributed by atoms with E-state index in [0.717, 1.165) is 12.8 Å². The van der Waals surface area contributed by atoms with Gasteiger partial charge in [0.2, 0.25) is 0 Å². The van der Waals surface area contributed by atoms with E-state index in [2.05, 4.69) is 0 Å². The predicted octanol–water partition coefficient (Wildman–Crippen LogP) is 5.69. The number of nitrogens with zero attached hydrogens (tertiary/aromatic N) is 1. The SMILES string of the molecule is CCC(C)c1c(F)c(F)c(N2CCC/C=C\CCC2)c(F)c1F. The van der Waals surface area contributed by atoms with Gasteiger partial charge in [0.25, 0.3) is 0 Å². The second-order valence-corrected chi connectivity index (χ2v) is 6.07. The molecule has 1 unspecified atom stereocenters. The fourth-order valence-corrected chi connectivity index (χ4v) is 2.92. The Morgan fingerprint density at radius 1 is 0.913 bits per heavy atom. The van der Waals surface area contributed by atoms with Gasteiger partial charge in [0.15, 0.2) is 23.3 Å². The van der Waals surface area contributed by atoms with Gasteiger partial charge in [0.1, 0.15) is 5.69 Å². The molecule has 128 valence electrons. The van der Waals surface area contributed by atoms with Crippen LogP contribution in [0.2, 0.25) is 0 Å². The first-order valence-electron chi connectivity index (χ1n) is 8.24. The Balaban J connectivity index is 2.46. The Morgan fingerprint density at radius 2 is 1.39 bits per heavy atom. The summed E-state index contributed by atoms with van der Waals surface area (Å²) >= 11 is 0. The van der Waals surface area contributed by atoms with Crippen molar-refractivity contribution in [1.29, 1.82) is 0 Å². The maximum Gasteiger partial charge on any atom is 0.185 e. The minimum absolute atomic E-state index is 0.375. The summed E-state index contributed by atoms with van der Waals surface area (Å²) in [6.07, 6.45) is 7.41. The fraction of sp³-hybridized carbons (Fsp3) is 0.556. The molecule has 0 fully saturated rings. The van der Waals surface area contributed by atoms with E-state index in [1.165, 1.54) is 4.90 Å². The number of hydrogen-bond donors (Lipinski definition) is 0. The fourth-order valence-electron chi connectivity index (χ4n) is 2.92. The summed E-state index contributed by atoms with van der Waals surface area (Å²) in [6, 6.07) is 0. The zero-order valence-electron chi connectivity index (χ0n) is 13.6. The molecule has 0 aliphatic carbocycles. The second kappa shape index (κ2) is 7.84. The Labute approximate surface area is 135 Å². The monoisotopic (exact) mass is 329 g/mol. The van der Waals surface area contributed by atoms with Crippen molar-refractivity contribution in [3.63, 3.8) is 0 Å². The summed E-state index contributed by atoms with van der Waals surface area (Å²) in [5, 5.41) is 0. The molecule has 0 amide bonds. The molecule has 0 bridgehead atoms. The molecular weight excluding hydrogens is 306 g/mol. The first-order chi connectivity index (χ1) is 11.0. The van der Waals surface area contributed by atoms with E-state index in [-0.39, 0.29) is 0 Å². The molecule has 0 spiro atoms. The maximum atomic E-state index is 14.5. The van der Waals surface area contributed by atoms with Gasteiger partial charge in [0.05, 0.1) is 0 Å². The summed E-state index contributed by atoms with van der Waals surface area (Å²) < 4.78 is 57.6. The van der Waals surface area contributed by atoms with Crippen molar-refractivity contribution in [3.05, 3.63) is 41.0 Å². The van der Waals surface area contributed by atoms with E-state index in [1.54, 1.807) is 13.8 Å². The van der Waals surface area contributed by atoms with Crippen molar-refractivity contribution in [1.82, 2.24) is 0 Å². The number of benzene rings is 1. The van der Waals surface area contributed by atoms with Crippen molar-refractivity contribution in [2.24, 2.45) is 0 Å². The van der Waals surface area contributed by atoms with Gasteiger partial charge in [-0.1, -0.05) is 26.0 Å². The largest absolute Gasteiger partial charge is 0.367 e. The zero-order valence-corrected chi connectivity index (χ0v) is 13.6. The van der Waals surface area contributed by atoms with E-state index >= 15 is 0 Å². The number of anilines is 1. The quantitative estimate of drug-likeness (QED) is 0.391. The number of hydrogen-bond acceptors (Lipinski definition) is 1. The van der Waals surface area contributed by atoms with Crippen LogP contribution < -0.4 is 4.90 Å². The average Bonchev–Trinajstić information content (AvgIpc) is 2.67. The van der Waals surface area contributed by atoms with Crippen LogP contribution in [-0.4, -0.2) is 13.1 Å². The highest BCUT2D eigenvalue weighted by Crippen LogP contribution is 2.35. The summed E-state index contributed by atoms with van der Waals surface area (Å²) in [7, 11) is 0. The second-order valence-electron chi connectivity index (χ2n) is 6.07. The van der Waals surface area contributed by atoms with Gasteiger partial charge in [-0.15, -0.1) is 0 Å². The molecular formula is C18H23F4N. The van der Waals surface area contributed by atoms with Crippen LogP contribution in [0.3, 0.4) is 0 Å². The third kappa shape index (κ3) is 3.70. The third-order valence-electron chi connectivity index (χ3n) is 4.46. The standard InChI is InChI=1S/C18H23F4N/c1-3-12(2)13-14(19)16(21)18(17(22)15(13)20)23-10-8-6-4-5-7-9-11-23/h4-5,12H,3,6-11H2,1-2H3/b5-4-. The molecule has 0 N–H and O–H groups in total. The molecule has 23 heavy (non-hydrogen) atoms. The molecule has 1 heterocycles. The smallest absolute Gasteiger partial charge is 0.185 e. The van der Waals surface area contributed by atoms with E-state index in [1.807, 2.05) is 12.2 Å². The topological polar surface area (TPSA) is 3.24 Å². The van der Waals surface area contributed by atoms with E-state index in [0.29, 0.717) is 32.4 Å². The first-order valence-corrected chi connectivity index (χ1v) is 8.24. The van der Waals surface area contributed by atoms with Crippen LogP contribution in [0.15, 0.2) is 12.2 Å². The number of rotatable bonds is 3. The van der Waals surface area contributed by atoms with Crippen molar-refractivity contribution >= 4 is 5.69 Å². The molecule has 1 aliphatic rings. The van der Waals surface area contributed by atoms with Gasteiger partial charge < -0.3 is 4.90 Å². The molecule has 2 rings (SSSR count). The molecule has 1 aromatic rings. The van der Waals surface area contributed by atoms with Crippen LogP contribution in [0.25, 0.3) is 0 Å². The van der Waals surface area contributed by atoms with Crippen LogP contribution in [0.1, 0.15) is 57.4 Å². The summed E-state index contributed by atoms with van der Waals surface area (Å²) in [5.41, 5.74) is -1.05. The summed E-state index contributed by atoms with van der Waals surface area (Å²) in [5.74, 6) is -5.64. The van der Waals surface area contributed by atoms with Crippen molar-refractivity contribution < 1.29 is 17.6 Å². The molecule has 1 aromatic carbocycles. The highest BCUT2D eigenvalue weighted by Gasteiger charge is 2.30. The summed E-state index contributed by atoms with van der Waals surface area (Å²) in [6.45, 7) is 4.04. The van der Waals surface area contributed by atoms with Crippen LogP contribution in [0, 0.1) is 23.3 Å². The lowest BCUT2D eigenvalue weighted by Gasteiger charge is -2.27. The zero-order chi connectivity index (χ0) is 17.0. The lowest BCUT2D eigenvalue weighted by molar-refractivity contribution is 0.425. The Kier molecular flexibility index (Phi) is 6.08. The first kappa shape index (κ1) is 17.8. The molecule has 5 heteroatoms. The van der Waals surface area contributed by atoms with Crippen LogP contribution in [0.5, 0.6) is 0 Å². The summed E-state index contributed by atoms with van der Waals surface area (Å²) in [4.78, 5) is 1.43. The molecule has 1 atom stereocenters. The lowest BCUT2D eigenvalue weighted by Crippen LogP contribution is -2.29. The van der Waals surface area contributed by atoms with Gasteiger partial charge in [-0.3, -0.25) is 0 Å². The Bertz CT molecular complexity index is 542. The highest BCUT2D eigenvalue weighted by molar-refractivity contribution is 5.52. The van der Waals surface area contributed by atoms with Crippen molar-refractivity contribution in [2.75, 3.05) is 18.0 Å². The van der Waals surface area contributed by atoms with Crippen LogP contribution in [0.4, 0.5) is 23.2 Å². The molecule has 1 aliphatic heterocycles. The van der Waals surface area contributed by atoms with Gasteiger partial charge in [-0.25, -0.2) is 17.6 Å². The van der Waals surface area contributed by atoms with Gasteiger partial charge >= 0.3 is 0 Å². The normalized spacial score (nSPS) is 19.0. The molecule has 0 saturated heterocycles. The van der Waals surface area contributed by atoms with Gasteiger partial charge in [0, 0.05) is 18.7 Å². The highest BCUT2D eigenvalue weighted by atomic mass is 19.2. The maximum absolute atomic E-state index is 14.5. The molecule has 0 aromatic heterocycles. The van der Waals surface area contributed by atoms with E-state index in [4.69, 9.17) is 0 Å². The average molecular weight is 329 g/mol. The Morgan fingerprint density at radius 3 is 1.83 bits per heavy atom. The molecule has 0 saturated carbocycles. The third-order valence-corrected chi connectivity index (χ3v) is 4.46. The van der Waals surface area contributed by atoms with E-state index < -0.39 is 40.4 Å². The molecule has 1 nitrogen and oxygen atoms in total. The minimum atomic E-state index is -1.27.